The van der Waals surface area contributed by atoms with Crippen molar-refractivity contribution >= 4 is 11.6 Å². The summed E-state index contributed by atoms with van der Waals surface area (Å²) in [5.74, 6) is 3.77. The van der Waals surface area contributed by atoms with E-state index in [0.29, 0.717) is 11.3 Å². The molecule has 4 nitrogen and oxygen atoms in total. The highest BCUT2D eigenvalue weighted by molar-refractivity contribution is 5.96. The average molecular weight is 301 g/mol. The minimum absolute atomic E-state index is 0.0310. The number of carbonyl (C=O) groups is 1. The smallest absolute Gasteiger partial charge is 0.339 e. The average Bonchev–Trinajstić information content (AvgIpc) is 2.45. The number of amides is 1. The summed E-state index contributed by atoms with van der Waals surface area (Å²) in [4.78, 5) is 13.9. The van der Waals surface area contributed by atoms with Crippen LogP contribution in [0.5, 0.6) is 0 Å². The summed E-state index contributed by atoms with van der Waals surface area (Å²) >= 11 is 0. The monoisotopic (exact) mass is 301 g/mol. The standard InChI is InChI=1S/C14H18F3N3O/c1-9-8-11(19-18)2-3-12(9)13(21)20-6-4-10(5-7-20)14(15,16)17/h2-3,8,10,19H,4-7,18H2,1H3. The number of hydrazine groups is 1. The Morgan fingerprint density at radius 1 is 1.33 bits per heavy atom. The second-order valence-electron chi connectivity index (χ2n) is 5.28. The molecule has 0 aliphatic carbocycles. The highest BCUT2D eigenvalue weighted by Crippen LogP contribution is 2.34. The van der Waals surface area contributed by atoms with Crippen molar-refractivity contribution in [2.45, 2.75) is 25.9 Å². The third-order valence-electron chi connectivity index (χ3n) is 3.87. The summed E-state index contributed by atoms with van der Waals surface area (Å²) in [7, 11) is 0. The van der Waals surface area contributed by atoms with Gasteiger partial charge >= 0.3 is 6.18 Å². The van der Waals surface area contributed by atoms with Crippen molar-refractivity contribution in [1.29, 1.82) is 0 Å². The topological polar surface area (TPSA) is 58.4 Å². The fraction of sp³-hybridized carbons (Fsp3) is 0.500. The zero-order valence-corrected chi connectivity index (χ0v) is 11.7. The number of benzene rings is 1. The molecule has 1 fully saturated rings. The number of anilines is 1. The van der Waals surface area contributed by atoms with Crippen LogP contribution in [0.1, 0.15) is 28.8 Å². The Hall–Kier alpha value is -1.76. The first kappa shape index (κ1) is 15.6. The normalized spacial score (nSPS) is 16.9. The molecule has 0 spiro atoms. The van der Waals surface area contributed by atoms with Gasteiger partial charge < -0.3 is 10.3 Å². The van der Waals surface area contributed by atoms with E-state index in [-0.39, 0.29) is 31.8 Å². The molecule has 0 bridgehead atoms. The first-order valence-corrected chi connectivity index (χ1v) is 6.76. The number of rotatable bonds is 2. The van der Waals surface area contributed by atoms with Crippen molar-refractivity contribution in [2.24, 2.45) is 11.8 Å². The molecule has 0 radical (unpaired) electrons. The van der Waals surface area contributed by atoms with Gasteiger partial charge in [0, 0.05) is 24.3 Å². The molecule has 3 N–H and O–H groups in total. The van der Waals surface area contributed by atoms with Crippen LogP contribution in [0.15, 0.2) is 18.2 Å². The lowest BCUT2D eigenvalue weighted by Crippen LogP contribution is -2.42. The van der Waals surface area contributed by atoms with E-state index in [2.05, 4.69) is 5.43 Å². The van der Waals surface area contributed by atoms with Gasteiger partial charge in [-0.3, -0.25) is 10.6 Å². The number of piperidine rings is 1. The van der Waals surface area contributed by atoms with Gasteiger partial charge in [0.25, 0.3) is 5.91 Å². The molecule has 0 atom stereocenters. The van der Waals surface area contributed by atoms with Gasteiger partial charge in [-0.2, -0.15) is 13.2 Å². The lowest BCUT2D eigenvalue weighted by molar-refractivity contribution is -0.183. The molecule has 1 aromatic rings. The first-order valence-electron chi connectivity index (χ1n) is 6.76. The van der Waals surface area contributed by atoms with E-state index < -0.39 is 12.1 Å². The van der Waals surface area contributed by atoms with Gasteiger partial charge in [-0.25, -0.2) is 0 Å². The van der Waals surface area contributed by atoms with Gasteiger partial charge in [0.1, 0.15) is 0 Å². The maximum absolute atomic E-state index is 12.6. The number of nitrogen functional groups attached to an aromatic ring is 1. The van der Waals surface area contributed by atoms with E-state index in [1.807, 2.05) is 0 Å². The highest BCUT2D eigenvalue weighted by Gasteiger charge is 2.41. The van der Waals surface area contributed by atoms with Crippen molar-refractivity contribution in [3.05, 3.63) is 29.3 Å². The predicted molar refractivity (Wildman–Crippen MR) is 73.7 cm³/mol. The Labute approximate surface area is 121 Å². The van der Waals surface area contributed by atoms with Crippen molar-refractivity contribution in [3.63, 3.8) is 0 Å². The number of likely N-dealkylation sites (tertiary alicyclic amines) is 1. The summed E-state index contributed by atoms with van der Waals surface area (Å²) in [6.07, 6.45) is -4.23. The van der Waals surface area contributed by atoms with E-state index in [1.54, 1.807) is 25.1 Å². The quantitative estimate of drug-likeness (QED) is 0.652. The number of nitrogens with zero attached hydrogens (tertiary/aromatic N) is 1. The van der Waals surface area contributed by atoms with Crippen molar-refractivity contribution in [3.8, 4) is 0 Å². The van der Waals surface area contributed by atoms with E-state index in [0.717, 1.165) is 5.56 Å². The Morgan fingerprint density at radius 3 is 2.43 bits per heavy atom. The fourth-order valence-electron chi connectivity index (χ4n) is 2.57. The molecule has 1 aliphatic heterocycles. The molecular weight excluding hydrogens is 283 g/mol. The Kier molecular flexibility index (Phi) is 4.41. The van der Waals surface area contributed by atoms with Crippen molar-refractivity contribution in [1.82, 2.24) is 4.90 Å². The minimum atomic E-state index is -4.17. The summed E-state index contributed by atoms with van der Waals surface area (Å²) in [6, 6.07) is 5.04. The molecule has 0 unspecified atom stereocenters. The third kappa shape index (κ3) is 3.47. The Bertz CT molecular complexity index is 523. The van der Waals surface area contributed by atoms with Gasteiger partial charge in [0.15, 0.2) is 0 Å². The molecule has 1 amide bonds. The van der Waals surface area contributed by atoms with Gasteiger partial charge in [-0.15, -0.1) is 0 Å². The molecule has 21 heavy (non-hydrogen) atoms. The number of halogens is 3. The number of nitrogens with two attached hydrogens (primary N) is 1. The summed E-state index contributed by atoms with van der Waals surface area (Å²) in [5, 5.41) is 0. The number of hydrogen-bond acceptors (Lipinski definition) is 3. The second kappa shape index (κ2) is 5.93. The lowest BCUT2D eigenvalue weighted by Gasteiger charge is -2.33. The zero-order chi connectivity index (χ0) is 15.6. The molecule has 116 valence electrons. The SMILES string of the molecule is Cc1cc(NN)ccc1C(=O)N1CCC(C(F)(F)F)CC1. The number of aryl methyl sites for hydroxylation is 1. The molecule has 1 aromatic carbocycles. The molecule has 1 saturated heterocycles. The van der Waals surface area contributed by atoms with Crippen LogP contribution in [0.2, 0.25) is 0 Å². The summed E-state index contributed by atoms with van der Waals surface area (Å²) in [6.45, 7) is 2.05. The second-order valence-corrected chi connectivity index (χ2v) is 5.28. The zero-order valence-electron chi connectivity index (χ0n) is 11.7. The largest absolute Gasteiger partial charge is 0.391 e. The Balaban J connectivity index is 2.05. The number of carbonyl (C=O) groups excluding carboxylic acids is 1. The highest BCUT2D eigenvalue weighted by atomic mass is 19.4. The number of hydrogen-bond donors (Lipinski definition) is 2. The van der Waals surface area contributed by atoms with Crippen LogP contribution >= 0.6 is 0 Å². The van der Waals surface area contributed by atoms with E-state index in [1.165, 1.54) is 4.90 Å². The maximum atomic E-state index is 12.6. The van der Waals surface area contributed by atoms with Crippen LogP contribution in [0.25, 0.3) is 0 Å². The van der Waals surface area contributed by atoms with Crippen LogP contribution in [0.3, 0.4) is 0 Å². The van der Waals surface area contributed by atoms with Crippen LogP contribution in [-0.2, 0) is 0 Å². The van der Waals surface area contributed by atoms with Gasteiger partial charge in [-0.1, -0.05) is 0 Å². The van der Waals surface area contributed by atoms with Crippen molar-refractivity contribution < 1.29 is 18.0 Å². The lowest BCUT2D eigenvalue weighted by atomic mass is 9.95. The predicted octanol–water partition coefficient (Wildman–Crippen LogP) is 2.70. The van der Waals surface area contributed by atoms with E-state index in [4.69, 9.17) is 5.84 Å². The third-order valence-corrected chi connectivity index (χ3v) is 3.87. The maximum Gasteiger partial charge on any atom is 0.391 e. The number of nitrogens with one attached hydrogen (secondary N) is 1. The fourth-order valence-corrected chi connectivity index (χ4v) is 2.57. The van der Waals surface area contributed by atoms with Crippen LogP contribution < -0.4 is 11.3 Å². The first-order chi connectivity index (χ1) is 9.82. The van der Waals surface area contributed by atoms with Crippen LogP contribution in [-0.4, -0.2) is 30.1 Å². The molecule has 0 saturated carbocycles. The van der Waals surface area contributed by atoms with Gasteiger partial charge in [-0.05, 0) is 43.5 Å². The molecule has 7 heteroatoms. The molecule has 1 aliphatic rings. The minimum Gasteiger partial charge on any atom is -0.339 e. The van der Waals surface area contributed by atoms with Crippen molar-refractivity contribution in [2.75, 3.05) is 18.5 Å². The van der Waals surface area contributed by atoms with E-state index >= 15 is 0 Å². The van der Waals surface area contributed by atoms with Crippen LogP contribution in [0.4, 0.5) is 18.9 Å². The summed E-state index contributed by atoms with van der Waals surface area (Å²) < 4.78 is 37.9. The van der Waals surface area contributed by atoms with Gasteiger partial charge in [0.05, 0.1) is 5.92 Å². The molecular formula is C14H18F3N3O. The molecule has 1 heterocycles. The summed E-state index contributed by atoms with van der Waals surface area (Å²) in [5.41, 5.74) is 4.41. The number of alkyl halides is 3. The molecule has 0 aromatic heterocycles. The van der Waals surface area contributed by atoms with Crippen LogP contribution in [0, 0.1) is 12.8 Å². The van der Waals surface area contributed by atoms with Gasteiger partial charge in [0.2, 0.25) is 0 Å². The van der Waals surface area contributed by atoms with E-state index in [9.17, 15) is 18.0 Å². The Morgan fingerprint density at radius 2 is 1.95 bits per heavy atom. The molecule has 2 rings (SSSR count).